The van der Waals surface area contributed by atoms with E-state index in [-0.39, 0.29) is 11.9 Å². The van der Waals surface area contributed by atoms with Crippen LogP contribution in [0.3, 0.4) is 0 Å². The molecular weight excluding hydrogens is 332 g/mol. The van der Waals surface area contributed by atoms with E-state index in [0.717, 1.165) is 12.3 Å². The van der Waals surface area contributed by atoms with E-state index in [1.165, 1.54) is 20.0 Å². The normalized spacial score (nSPS) is 32.1. The average molecular weight is 364 g/mol. The Balaban J connectivity index is 1.56. The first-order valence-electron chi connectivity index (χ1n) is 9.74. The molecule has 0 amide bonds. The lowest BCUT2D eigenvalue weighted by Crippen LogP contribution is -2.36. The first-order chi connectivity index (χ1) is 12.5. The minimum absolute atomic E-state index is 0.0718. The summed E-state index contributed by atoms with van der Waals surface area (Å²) in [6.45, 7) is 7.88. The second kappa shape index (κ2) is 8.59. The summed E-state index contributed by atoms with van der Waals surface area (Å²) in [5.41, 5.74) is 0.596. The molecule has 5 heteroatoms. The highest BCUT2D eigenvalue weighted by atomic mass is 16.7. The summed E-state index contributed by atoms with van der Waals surface area (Å²) < 4.78 is 23.2. The molecule has 0 bridgehead atoms. The Kier molecular flexibility index (Phi) is 6.43. The maximum absolute atomic E-state index is 10.3. The van der Waals surface area contributed by atoms with Crippen LogP contribution in [0.4, 0.5) is 0 Å². The fourth-order valence-corrected chi connectivity index (χ4v) is 4.13. The van der Waals surface area contributed by atoms with Crippen molar-refractivity contribution in [2.24, 2.45) is 17.8 Å². The van der Waals surface area contributed by atoms with Crippen molar-refractivity contribution in [2.75, 3.05) is 20.3 Å². The smallest absolute Gasteiger partial charge is 0.188 e. The van der Waals surface area contributed by atoms with Crippen LogP contribution in [-0.2, 0) is 14.2 Å². The van der Waals surface area contributed by atoms with Crippen molar-refractivity contribution in [3.63, 3.8) is 0 Å². The first-order valence-corrected chi connectivity index (χ1v) is 9.74. The fraction of sp³-hybridized carbons (Fsp3) is 0.714. The van der Waals surface area contributed by atoms with E-state index >= 15 is 0 Å². The van der Waals surface area contributed by atoms with Crippen molar-refractivity contribution in [1.29, 1.82) is 0 Å². The Morgan fingerprint density at radius 1 is 1.27 bits per heavy atom. The Morgan fingerprint density at radius 2 is 2.08 bits per heavy atom. The summed E-state index contributed by atoms with van der Waals surface area (Å²) in [6, 6.07) is 5.33. The van der Waals surface area contributed by atoms with E-state index in [1.54, 1.807) is 12.1 Å². The predicted octanol–water partition coefficient (Wildman–Crippen LogP) is 4.29. The van der Waals surface area contributed by atoms with E-state index < -0.39 is 6.29 Å². The number of hydrogen-bond donors (Lipinski definition) is 1. The van der Waals surface area contributed by atoms with Gasteiger partial charge >= 0.3 is 0 Å². The van der Waals surface area contributed by atoms with Crippen molar-refractivity contribution >= 4 is 0 Å². The molecule has 3 unspecified atom stereocenters. The fourth-order valence-electron chi connectivity index (χ4n) is 4.13. The number of aromatic hydroxyl groups is 1. The molecule has 1 aliphatic carbocycles. The van der Waals surface area contributed by atoms with Gasteiger partial charge in [-0.2, -0.15) is 0 Å². The number of phenols is 1. The molecular formula is C21H32O5. The topological polar surface area (TPSA) is 57.2 Å². The number of hydrogen-bond acceptors (Lipinski definition) is 5. The van der Waals surface area contributed by atoms with Gasteiger partial charge in [0.15, 0.2) is 17.8 Å². The van der Waals surface area contributed by atoms with Crippen molar-refractivity contribution in [2.45, 2.75) is 58.5 Å². The Morgan fingerprint density at radius 3 is 2.81 bits per heavy atom. The van der Waals surface area contributed by atoms with Crippen LogP contribution >= 0.6 is 0 Å². The lowest BCUT2D eigenvalue weighted by molar-refractivity contribution is -0.0998. The van der Waals surface area contributed by atoms with Crippen LogP contribution in [0.2, 0.25) is 0 Å². The van der Waals surface area contributed by atoms with E-state index in [9.17, 15) is 5.11 Å². The lowest BCUT2D eigenvalue weighted by atomic mass is 9.75. The van der Waals surface area contributed by atoms with Gasteiger partial charge in [0.25, 0.3) is 0 Å². The van der Waals surface area contributed by atoms with E-state index in [0.29, 0.717) is 42.5 Å². The molecule has 1 N–H and O–H groups in total. The zero-order valence-corrected chi connectivity index (χ0v) is 16.3. The minimum atomic E-state index is -0.579. The monoisotopic (exact) mass is 364 g/mol. The molecule has 1 aliphatic heterocycles. The van der Waals surface area contributed by atoms with Crippen molar-refractivity contribution < 1.29 is 24.1 Å². The number of phenolic OH excluding ortho intramolecular Hbond substituents is 1. The molecule has 1 heterocycles. The average Bonchev–Trinajstić information content (AvgIpc) is 3.08. The summed E-state index contributed by atoms with van der Waals surface area (Å²) in [4.78, 5) is 0. The second-order valence-electron chi connectivity index (χ2n) is 8.02. The Labute approximate surface area is 156 Å². The number of rotatable bonds is 6. The third-order valence-corrected chi connectivity index (χ3v) is 5.71. The van der Waals surface area contributed by atoms with Gasteiger partial charge in [-0.25, -0.2) is 0 Å². The Hall–Kier alpha value is -1.30. The highest BCUT2D eigenvalue weighted by Crippen LogP contribution is 2.39. The van der Waals surface area contributed by atoms with Crippen molar-refractivity contribution in [3.8, 4) is 11.5 Å². The van der Waals surface area contributed by atoms with Gasteiger partial charge in [-0.3, -0.25) is 0 Å². The van der Waals surface area contributed by atoms with Crippen molar-refractivity contribution in [1.82, 2.24) is 0 Å². The molecule has 0 spiro atoms. The summed E-state index contributed by atoms with van der Waals surface area (Å²) in [6.07, 6.45) is 3.26. The quantitative estimate of drug-likeness (QED) is 0.816. The molecule has 2 fully saturated rings. The summed E-state index contributed by atoms with van der Waals surface area (Å²) in [5.74, 6) is 2.46. The van der Waals surface area contributed by atoms with Gasteiger partial charge in [0, 0.05) is 0 Å². The molecule has 5 nitrogen and oxygen atoms in total. The summed E-state index contributed by atoms with van der Waals surface area (Å²) in [5, 5.41) is 10.3. The highest BCUT2D eigenvalue weighted by molar-refractivity contribution is 5.46. The highest BCUT2D eigenvalue weighted by Gasteiger charge is 2.34. The number of ether oxygens (including phenoxy) is 4. The van der Waals surface area contributed by atoms with Crippen LogP contribution in [-0.4, -0.2) is 37.6 Å². The molecule has 1 saturated heterocycles. The van der Waals surface area contributed by atoms with Crippen LogP contribution in [0.15, 0.2) is 18.2 Å². The van der Waals surface area contributed by atoms with Crippen LogP contribution in [0, 0.1) is 17.8 Å². The van der Waals surface area contributed by atoms with Gasteiger partial charge < -0.3 is 24.1 Å². The third-order valence-electron chi connectivity index (χ3n) is 5.71. The standard InChI is InChI=1S/C21H32O5/c1-13(2)16-9-8-14(3)10-19(16)24-11-15-12-25-21(26-15)17-6-5-7-18(23-4)20(17)22/h5-7,13-16,19,21-22H,8-12H2,1-4H3/t14-,15?,16+,19?,21?/m1/s1. The van der Waals surface area contributed by atoms with Crippen molar-refractivity contribution in [3.05, 3.63) is 23.8 Å². The van der Waals surface area contributed by atoms with Crippen LogP contribution in [0.1, 0.15) is 51.9 Å². The SMILES string of the molecule is COc1cccc(C2OCC(COC3C[C@H](C)CC[C@H]3C(C)C)O2)c1O. The zero-order chi connectivity index (χ0) is 18.7. The maximum atomic E-state index is 10.3. The van der Waals surface area contributed by atoms with Crippen LogP contribution < -0.4 is 4.74 Å². The molecule has 0 radical (unpaired) electrons. The predicted molar refractivity (Wildman–Crippen MR) is 99.3 cm³/mol. The van der Waals surface area contributed by atoms with E-state index in [1.807, 2.05) is 6.07 Å². The van der Waals surface area contributed by atoms with Gasteiger partial charge in [0.2, 0.25) is 0 Å². The molecule has 26 heavy (non-hydrogen) atoms. The van der Waals surface area contributed by atoms with Gasteiger partial charge in [-0.15, -0.1) is 0 Å². The molecule has 1 aromatic rings. The number of para-hydroxylation sites is 1. The molecule has 2 aliphatic rings. The molecule has 1 saturated carbocycles. The zero-order valence-electron chi connectivity index (χ0n) is 16.3. The van der Waals surface area contributed by atoms with Gasteiger partial charge in [-0.05, 0) is 42.7 Å². The molecule has 0 aromatic heterocycles. The van der Waals surface area contributed by atoms with Crippen LogP contribution in [0.25, 0.3) is 0 Å². The Bertz CT molecular complexity index is 588. The largest absolute Gasteiger partial charge is 0.504 e. The molecule has 146 valence electrons. The third kappa shape index (κ3) is 4.33. The summed E-state index contributed by atoms with van der Waals surface area (Å²) in [7, 11) is 1.53. The van der Waals surface area contributed by atoms with Gasteiger partial charge in [0.1, 0.15) is 6.10 Å². The molecule has 1 aromatic carbocycles. The number of methoxy groups -OCH3 is 1. The van der Waals surface area contributed by atoms with Gasteiger partial charge in [0.05, 0.1) is 32.0 Å². The lowest BCUT2D eigenvalue weighted by Gasteiger charge is -2.37. The first kappa shape index (κ1) is 19.5. The molecule has 3 rings (SSSR count). The van der Waals surface area contributed by atoms with E-state index in [2.05, 4.69) is 20.8 Å². The van der Waals surface area contributed by atoms with Gasteiger partial charge in [-0.1, -0.05) is 33.3 Å². The molecule has 5 atom stereocenters. The second-order valence-corrected chi connectivity index (χ2v) is 8.02. The van der Waals surface area contributed by atoms with E-state index in [4.69, 9.17) is 18.9 Å². The van der Waals surface area contributed by atoms with Crippen LogP contribution in [0.5, 0.6) is 11.5 Å². The maximum Gasteiger partial charge on any atom is 0.188 e. The summed E-state index contributed by atoms with van der Waals surface area (Å²) >= 11 is 0. The minimum Gasteiger partial charge on any atom is -0.504 e. The number of benzene rings is 1.